The van der Waals surface area contributed by atoms with E-state index in [1.165, 1.54) is 0 Å². The lowest BCUT2D eigenvalue weighted by atomic mass is 10.2. The molecule has 0 bridgehead atoms. The number of hydrogen-bond donors (Lipinski definition) is 2. The molecule has 0 spiro atoms. The number of thiocarbonyl (C=S) groups is 1. The number of benzene rings is 2. The quantitative estimate of drug-likeness (QED) is 0.462. The minimum atomic E-state index is -0.234. The third-order valence-corrected chi connectivity index (χ3v) is 4.37. The second kappa shape index (κ2) is 10.3. The van der Waals surface area contributed by atoms with Crippen LogP contribution in [0.2, 0.25) is 0 Å². The molecule has 2 aromatic rings. The van der Waals surface area contributed by atoms with Crippen molar-refractivity contribution in [2.24, 2.45) is 0 Å². The molecule has 0 unspecified atom stereocenters. The summed E-state index contributed by atoms with van der Waals surface area (Å²) in [4.78, 5) is 12.2. The van der Waals surface area contributed by atoms with Crippen molar-refractivity contribution in [3.8, 4) is 11.5 Å². The first kappa shape index (κ1) is 20.4. The lowest BCUT2D eigenvalue weighted by molar-refractivity contribution is 0.0976. The first-order valence-corrected chi connectivity index (χ1v) is 9.66. The molecule has 0 radical (unpaired) electrons. The number of halogens is 1. The molecule has 1 amide bonds. The number of rotatable bonds is 7. The maximum Gasteiger partial charge on any atom is 0.257 e. The second-order valence-electron chi connectivity index (χ2n) is 5.48. The SMILES string of the molecule is CCCOc1ccc(CNC(=S)NC(=O)c2cccc(I)c2)cc1OC. The molecule has 2 rings (SSSR count). The van der Waals surface area contributed by atoms with E-state index in [0.29, 0.717) is 30.2 Å². The Morgan fingerprint density at radius 2 is 2.00 bits per heavy atom. The van der Waals surface area contributed by atoms with Gasteiger partial charge in [0.05, 0.1) is 13.7 Å². The van der Waals surface area contributed by atoms with E-state index in [0.717, 1.165) is 15.6 Å². The van der Waals surface area contributed by atoms with Crippen molar-refractivity contribution >= 4 is 45.8 Å². The summed E-state index contributed by atoms with van der Waals surface area (Å²) < 4.78 is 12.0. The first-order chi connectivity index (χ1) is 12.5. The molecule has 0 atom stereocenters. The average Bonchev–Trinajstić information content (AvgIpc) is 2.64. The Morgan fingerprint density at radius 3 is 2.69 bits per heavy atom. The van der Waals surface area contributed by atoms with Gasteiger partial charge in [-0.2, -0.15) is 0 Å². The number of methoxy groups -OCH3 is 1. The van der Waals surface area contributed by atoms with Gasteiger partial charge in [-0.25, -0.2) is 0 Å². The van der Waals surface area contributed by atoms with Gasteiger partial charge in [0.15, 0.2) is 16.6 Å². The Hall–Kier alpha value is -1.87. The Labute approximate surface area is 172 Å². The minimum absolute atomic E-state index is 0.234. The molecule has 0 fully saturated rings. The molecular formula is C19H21IN2O3S. The number of carbonyl (C=O) groups is 1. The van der Waals surface area contributed by atoms with Crippen molar-refractivity contribution in [3.63, 3.8) is 0 Å². The zero-order chi connectivity index (χ0) is 18.9. The van der Waals surface area contributed by atoms with E-state index in [4.69, 9.17) is 21.7 Å². The van der Waals surface area contributed by atoms with E-state index < -0.39 is 0 Å². The fourth-order valence-corrected chi connectivity index (χ4v) is 2.89. The fourth-order valence-electron chi connectivity index (χ4n) is 2.18. The standard InChI is InChI=1S/C19H21IN2O3S/c1-3-9-25-16-8-7-13(10-17(16)24-2)12-21-19(26)22-18(23)14-5-4-6-15(20)11-14/h4-8,10-11H,3,9,12H2,1-2H3,(H2,21,22,23,26). The zero-order valence-corrected chi connectivity index (χ0v) is 17.6. The highest BCUT2D eigenvalue weighted by atomic mass is 127. The molecule has 2 aromatic carbocycles. The van der Waals surface area contributed by atoms with Crippen molar-refractivity contribution in [3.05, 3.63) is 57.2 Å². The van der Waals surface area contributed by atoms with Crippen LogP contribution in [0.25, 0.3) is 0 Å². The molecule has 0 aliphatic carbocycles. The van der Waals surface area contributed by atoms with Crippen molar-refractivity contribution in [2.75, 3.05) is 13.7 Å². The molecular weight excluding hydrogens is 463 g/mol. The number of amides is 1. The molecule has 0 saturated carbocycles. The van der Waals surface area contributed by atoms with E-state index in [2.05, 4.69) is 40.1 Å². The Balaban J connectivity index is 1.91. The summed E-state index contributed by atoms with van der Waals surface area (Å²) in [6.07, 6.45) is 0.931. The van der Waals surface area contributed by atoms with Gasteiger partial charge in [-0.15, -0.1) is 0 Å². The van der Waals surface area contributed by atoms with E-state index in [1.54, 1.807) is 19.2 Å². The minimum Gasteiger partial charge on any atom is -0.493 e. The summed E-state index contributed by atoms with van der Waals surface area (Å²) in [6.45, 7) is 3.16. The normalized spacial score (nSPS) is 10.1. The van der Waals surface area contributed by atoms with Crippen LogP contribution in [0.3, 0.4) is 0 Å². The Bertz CT molecular complexity index is 783. The molecule has 0 heterocycles. The van der Waals surface area contributed by atoms with Gasteiger partial charge >= 0.3 is 0 Å². The van der Waals surface area contributed by atoms with Gasteiger partial charge in [0.1, 0.15) is 0 Å². The maximum atomic E-state index is 12.2. The van der Waals surface area contributed by atoms with Gasteiger partial charge in [-0.05, 0) is 77.1 Å². The summed E-state index contributed by atoms with van der Waals surface area (Å²) in [5.41, 5.74) is 1.54. The molecule has 0 saturated heterocycles. The van der Waals surface area contributed by atoms with E-state index in [-0.39, 0.29) is 11.0 Å². The lowest BCUT2D eigenvalue weighted by Gasteiger charge is -2.13. The summed E-state index contributed by atoms with van der Waals surface area (Å²) in [5.74, 6) is 1.15. The van der Waals surface area contributed by atoms with Gasteiger partial charge in [-0.1, -0.05) is 19.1 Å². The fraction of sp³-hybridized carbons (Fsp3) is 0.263. The topological polar surface area (TPSA) is 59.6 Å². The van der Waals surface area contributed by atoms with Crippen molar-refractivity contribution in [2.45, 2.75) is 19.9 Å². The summed E-state index contributed by atoms with van der Waals surface area (Å²) >= 11 is 7.37. The smallest absolute Gasteiger partial charge is 0.257 e. The van der Waals surface area contributed by atoms with Gasteiger partial charge < -0.3 is 14.8 Å². The highest BCUT2D eigenvalue weighted by molar-refractivity contribution is 14.1. The molecule has 5 nitrogen and oxygen atoms in total. The highest BCUT2D eigenvalue weighted by Crippen LogP contribution is 2.28. The van der Waals surface area contributed by atoms with Crippen LogP contribution in [0.5, 0.6) is 11.5 Å². The monoisotopic (exact) mass is 484 g/mol. The highest BCUT2D eigenvalue weighted by Gasteiger charge is 2.09. The van der Waals surface area contributed by atoms with Gasteiger partial charge in [-0.3, -0.25) is 10.1 Å². The molecule has 7 heteroatoms. The first-order valence-electron chi connectivity index (χ1n) is 8.18. The van der Waals surface area contributed by atoms with E-state index >= 15 is 0 Å². The summed E-state index contributed by atoms with van der Waals surface area (Å²) in [6, 6.07) is 13.0. The molecule has 138 valence electrons. The molecule has 2 N–H and O–H groups in total. The van der Waals surface area contributed by atoms with Crippen LogP contribution in [0.1, 0.15) is 29.3 Å². The van der Waals surface area contributed by atoms with Crippen LogP contribution in [-0.4, -0.2) is 24.7 Å². The summed E-state index contributed by atoms with van der Waals surface area (Å²) in [7, 11) is 1.61. The second-order valence-corrected chi connectivity index (χ2v) is 7.13. The third kappa shape index (κ3) is 6.14. The molecule has 0 aliphatic heterocycles. The molecule has 0 aliphatic rings. The molecule has 26 heavy (non-hydrogen) atoms. The maximum absolute atomic E-state index is 12.2. The number of hydrogen-bond acceptors (Lipinski definition) is 4. The van der Waals surface area contributed by atoms with Crippen molar-refractivity contribution in [1.82, 2.24) is 10.6 Å². The third-order valence-electron chi connectivity index (χ3n) is 3.46. The molecule has 0 aromatic heterocycles. The number of nitrogens with one attached hydrogen (secondary N) is 2. The lowest BCUT2D eigenvalue weighted by Crippen LogP contribution is -2.38. The van der Waals surface area contributed by atoms with E-state index in [1.807, 2.05) is 30.3 Å². The van der Waals surface area contributed by atoms with Crippen molar-refractivity contribution in [1.29, 1.82) is 0 Å². The predicted molar refractivity (Wildman–Crippen MR) is 115 cm³/mol. The summed E-state index contributed by atoms with van der Waals surface area (Å²) in [5, 5.41) is 5.99. The largest absolute Gasteiger partial charge is 0.493 e. The average molecular weight is 484 g/mol. The Kier molecular flexibility index (Phi) is 8.11. The van der Waals surface area contributed by atoms with Crippen LogP contribution in [0.15, 0.2) is 42.5 Å². The number of ether oxygens (including phenoxy) is 2. The number of carbonyl (C=O) groups excluding carboxylic acids is 1. The van der Waals surface area contributed by atoms with Crippen LogP contribution < -0.4 is 20.1 Å². The zero-order valence-electron chi connectivity index (χ0n) is 14.7. The van der Waals surface area contributed by atoms with Gasteiger partial charge in [0, 0.05) is 15.7 Å². The predicted octanol–water partition coefficient (Wildman–Crippen LogP) is 3.89. The Morgan fingerprint density at radius 1 is 1.19 bits per heavy atom. The van der Waals surface area contributed by atoms with Crippen LogP contribution in [-0.2, 0) is 6.54 Å². The van der Waals surface area contributed by atoms with E-state index in [9.17, 15) is 4.79 Å². The van der Waals surface area contributed by atoms with Crippen LogP contribution in [0, 0.1) is 3.57 Å². The van der Waals surface area contributed by atoms with Crippen molar-refractivity contribution < 1.29 is 14.3 Å². The van der Waals surface area contributed by atoms with Gasteiger partial charge in [0.2, 0.25) is 0 Å². The van der Waals surface area contributed by atoms with Crippen LogP contribution >= 0.6 is 34.8 Å². The van der Waals surface area contributed by atoms with Crippen LogP contribution in [0.4, 0.5) is 0 Å². The van der Waals surface area contributed by atoms with Gasteiger partial charge in [0.25, 0.3) is 5.91 Å².